The minimum atomic E-state index is -0.761. The number of amides is 1. The molecular weight excluding hydrogens is 437 g/mol. The van der Waals surface area contributed by atoms with Crippen LogP contribution in [0.25, 0.3) is 0 Å². The molecule has 8 heteroatoms. The van der Waals surface area contributed by atoms with Crippen LogP contribution in [0, 0.1) is 11.8 Å². The summed E-state index contributed by atoms with van der Waals surface area (Å²) in [6, 6.07) is 3.01. The van der Waals surface area contributed by atoms with E-state index < -0.39 is 10.0 Å². The number of carbonyl (C=O) groups is 2. The second kappa shape index (κ2) is 10.5. The Labute approximate surface area is 185 Å². The lowest BCUT2D eigenvalue weighted by atomic mass is 9.80. The highest BCUT2D eigenvalue weighted by Crippen LogP contribution is 2.39. The molecule has 1 amide bonds. The summed E-state index contributed by atoms with van der Waals surface area (Å²) in [6.07, 6.45) is 9.40. The number of benzene rings is 1. The fourth-order valence-corrected chi connectivity index (χ4v) is 4.65. The number of nitrogens with one attached hydrogen (secondary N) is 1. The number of anilines is 1. The Kier molecular flexibility index (Phi) is 8.86. The van der Waals surface area contributed by atoms with E-state index in [1.807, 2.05) is 19.4 Å². The molecule has 2 rings (SSSR count). The normalized spacial score (nSPS) is 16.5. The molecule has 28 heavy (non-hydrogen) atoms. The molecule has 1 saturated carbocycles. The lowest BCUT2D eigenvalue weighted by Crippen LogP contribution is -2.32. The lowest BCUT2D eigenvalue weighted by Gasteiger charge is -2.27. The van der Waals surface area contributed by atoms with Gasteiger partial charge in [-0.25, -0.2) is 4.79 Å². The van der Waals surface area contributed by atoms with E-state index in [0.29, 0.717) is 16.6 Å². The Morgan fingerprint density at radius 1 is 1.14 bits per heavy atom. The maximum absolute atomic E-state index is 12.8. The third kappa shape index (κ3) is 5.74. The van der Waals surface area contributed by atoms with E-state index in [-0.39, 0.29) is 22.6 Å². The predicted octanol–water partition coefficient (Wildman–Crippen LogP) is 6.50. The minimum Gasteiger partial charge on any atom is -0.423 e. The first-order valence-corrected chi connectivity index (χ1v) is 12.5. The molecular formula is C20H27Cl2NO3S2. The summed E-state index contributed by atoms with van der Waals surface area (Å²) in [5.74, 6) is -0.0560. The molecule has 1 N–H and O–H groups in total. The zero-order valence-electron chi connectivity index (χ0n) is 16.6. The molecule has 0 aromatic heterocycles. The van der Waals surface area contributed by atoms with Crippen LogP contribution >= 0.6 is 46.7 Å². The van der Waals surface area contributed by atoms with Crippen LogP contribution in [0.5, 0.6) is 5.75 Å². The highest BCUT2D eigenvalue weighted by atomic mass is 35.5. The first-order chi connectivity index (χ1) is 13.2. The maximum Gasteiger partial charge on any atom is 0.337 e. The van der Waals surface area contributed by atoms with E-state index in [9.17, 15) is 9.59 Å². The number of halogens is 2. The van der Waals surface area contributed by atoms with Gasteiger partial charge in [0, 0.05) is 12.0 Å². The minimum absolute atomic E-state index is 0.0971. The molecule has 0 radical (unpaired) electrons. The summed E-state index contributed by atoms with van der Waals surface area (Å²) in [7, 11) is 0. The Balaban J connectivity index is 2.22. The number of hydrogen-bond acceptors (Lipinski definition) is 5. The van der Waals surface area contributed by atoms with E-state index in [2.05, 4.69) is 5.32 Å². The van der Waals surface area contributed by atoms with Gasteiger partial charge in [-0.05, 0) is 44.3 Å². The fourth-order valence-electron chi connectivity index (χ4n) is 3.25. The number of rotatable bonds is 7. The first kappa shape index (κ1) is 23.7. The van der Waals surface area contributed by atoms with Gasteiger partial charge in [0.05, 0.1) is 15.7 Å². The number of thioether (sulfide) groups is 2. The van der Waals surface area contributed by atoms with Crippen molar-refractivity contribution >= 4 is 64.3 Å². The van der Waals surface area contributed by atoms with E-state index in [1.54, 1.807) is 6.92 Å². The molecule has 0 saturated heterocycles. The zero-order chi connectivity index (χ0) is 20.9. The van der Waals surface area contributed by atoms with Gasteiger partial charge < -0.3 is 10.1 Å². The van der Waals surface area contributed by atoms with Crippen LogP contribution in [-0.2, 0) is 9.59 Å². The van der Waals surface area contributed by atoms with E-state index in [0.717, 1.165) is 12.8 Å². The van der Waals surface area contributed by atoms with E-state index in [4.69, 9.17) is 27.9 Å². The Bertz CT molecular complexity index is 720. The van der Waals surface area contributed by atoms with Crippen molar-refractivity contribution < 1.29 is 14.3 Å². The van der Waals surface area contributed by atoms with Crippen LogP contribution in [0.2, 0.25) is 10.0 Å². The highest BCUT2D eigenvalue weighted by molar-refractivity contribution is 8.18. The summed E-state index contributed by atoms with van der Waals surface area (Å²) in [5.41, 5.74) is 0.361. The van der Waals surface area contributed by atoms with Gasteiger partial charge in [-0.2, -0.15) is 0 Å². The molecule has 1 aliphatic carbocycles. The molecule has 1 unspecified atom stereocenters. The number of ether oxygens (including phenoxy) is 1. The van der Waals surface area contributed by atoms with Gasteiger partial charge in [0.15, 0.2) is 9.83 Å². The smallest absolute Gasteiger partial charge is 0.337 e. The van der Waals surface area contributed by atoms with Gasteiger partial charge in [0.2, 0.25) is 5.91 Å². The Morgan fingerprint density at radius 2 is 1.71 bits per heavy atom. The van der Waals surface area contributed by atoms with Gasteiger partial charge >= 0.3 is 5.97 Å². The van der Waals surface area contributed by atoms with E-state index >= 15 is 0 Å². The molecule has 0 bridgehead atoms. The van der Waals surface area contributed by atoms with E-state index in [1.165, 1.54) is 54.9 Å². The van der Waals surface area contributed by atoms with Crippen molar-refractivity contribution in [2.75, 3.05) is 17.8 Å². The molecule has 0 aliphatic heterocycles. The van der Waals surface area contributed by atoms with Crippen LogP contribution in [0.3, 0.4) is 0 Å². The quantitative estimate of drug-likeness (QED) is 0.284. The second-order valence-corrected chi connectivity index (χ2v) is 10.7. The molecule has 1 aliphatic rings. The van der Waals surface area contributed by atoms with Crippen LogP contribution < -0.4 is 10.1 Å². The van der Waals surface area contributed by atoms with Crippen LogP contribution in [0.4, 0.5) is 5.69 Å². The lowest BCUT2D eigenvalue weighted by molar-refractivity contribution is -0.134. The topological polar surface area (TPSA) is 55.4 Å². The fraction of sp³-hybridized carbons (Fsp3) is 0.600. The average molecular weight is 464 g/mol. The average Bonchev–Trinajstić information content (AvgIpc) is 2.70. The van der Waals surface area contributed by atoms with Crippen molar-refractivity contribution in [2.45, 2.75) is 50.0 Å². The second-order valence-electron chi connectivity index (χ2n) is 7.18. The first-order valence-electron chi connectivity index (χ1n) is 9.34. The van der Waals surface area contributed by atoms with Crippen LogP contribution in [-0.4, -0.2) is 28.5 Å². The molecule has 1 atom stereocenters. The summed E-state index contributed by atoms with van der Waals surface area (Å²) in [6.45, 7) is 3.75. The molecule has 1 aromatic carbocycles. The number of hydrogen-bond donors (Lipinski definition) is 1. The monoisotopic (exact) mass is 463 g/mol. The van der Waals surface area contributed by atoms with Crippen molar-refractivity contribution in [2.24, 2.45) is 11.8 Å². The SMILES string of the molecule is CSC(C)(SC)C(=O)Oc1cc(Cl)c(Cl)cc1NC(=O)C(C)C1CCCCC1. The highest BCUT2D eigenvalue weighted by Gasteiger charge is 2.34. The molecule has 156 valence electrons. The van der Waals surface area contributed by atoms with Crippen molar-refractivity contribution in [1.29, 1.82) is 0 Å². The van der Waals surface area contributed by atoms with Crippen LogP contribution in [0.15, 0.2) is 12.1 Å². The molecule has 0 heterocycles. The Hall–Kier alpha value is -0.560. The van der Waals surface area contributed by atoms with Crippen molar-refractivity contribution in [3.63, 3.8) is 0 Å². The van der Waals surface area contributed by atoms with Gasteiger partial charge in [-0.3, -0.25) is 4.79 Å². The third-order valence-electron chi connectivity index (χ3n) is 5.40. The van der Waals surface area contributed by atoms with Crippen LogP contribution in [0.1, 0.15) is 46.0 Å². The number of carbonyl (C=O) groups excluding carboxylic acids is 2. The van der Waals surface area contributed by atoms with Gasteiger partial charge in [-0.1, -0.05) is 49.4 Å². The van der Waals surface area contributed by atoms with Crippen molar-refractivity contribution in [3.05, 3.63) is 22.2 Å². The maximum atomic E-state index is 12.8. The third-order valence-corrected chi connectivity index (χ3v) is 9.02. The van der Waals surface area contributed by atoms with Gasteiger partial charge in [-0.15, -0.1) is 23.5 Å². The predicted molar refractivity (Wildman–Crippen MR) is 122 cm³/mol. The molecule has 0 spiro atoms. The van der Waals surface area contributed by atoms with Crippen molar-refractivity contribution in [1.82, 2.24) is 0 Å². The van der Waals surface area contributed by atoms with Crippen molar-refractivity contribution in [3.8, 4) is 5.75 Å². The summed E-state index contributed by atoms with van der Waals surface area (Å²) < 4.78 is 4.85. The summed E-state index contributed by atoms with van der Waals surface area (Å²) in [4.78, 5) is 25.5. The van der Waals surface area contributed by atoms with Gasteiger partial charge in [0.25, 0.3) is 0 Å². The molecule has 4 nitrogen and oxygen atoms in total. The Morgan fingerprint density at radius 3 is 2.29 bits per heavy atom. The largest absolute Gasteiger partial charge is 0.423 e. The zero-order valence-corrected chi connectivity index (χ0v) is 19.8. The van der Waals surface area contributed by atoms with Gasteiger partial charge in [0.1, 0.15) is 0 Å². The standard InChI is InChI=1S/C20H27Cl2NO3S2/c1-12(13-8-6-5-7-9-13)18(24)23-16-10-14(21)15(22)11-17(16)26-19(25)20(2,27-3)28-4/h10-13H,5-9H2,1-4H3,(H,23,24). The number of esters is 1. The summed E-state index contributed by atoms with van der Waals surface area (Å²) >= 11 is 15.1. The summed E-state index contributed by atoms with van der Waals surface area (Å²) in [5, 5.41) is 3.45. The molecule has 1 fully saturated rings. The molecule has 1 aromatic rings.